The van der Waals surface area contributed by atoms with Crippen molar-refractivity contribution in [2.45, 2.75) is 65.1 Å². The van der Waals surface area contributed by atoms with Crippen molar-refractivity contribution in [1.82, 2.24) is 10.6 Å². The van der Waals surface area contributed by atoms with Gasteiger partial charge in [0, 0.05) is 0 Å². The molecule has 0 fully saturated rings. The van der Waals surface area contributed by atoms with Gasteiger partial charge in [-0.3, -0.25) is 9.59 Å². The van der Waals surface area contributed by atoms with E-state index in [1.807, 2.05) is 0 Å². The highest BCUT2D eigenvalue weighted by Crippen LogP contribution is 2.17. The van der Waals surface area contributed by atoms with Crippen LogP contribution in [-0.2, 0) is 19.1 Å². The minimum absolute atomic E-state index is 0.104. The summed E-state index contributed by atoms with van der Waals surface area (Å²) < 4.78 is 10.3. The first-order chi connectivity index (χ1) is 12.0. The summed E-state index contributed by atoms with van der Waals surface area (Å²) in [5, 5.41) is 30.7. The molecule has 0 aromatic heterocycles. The van der Waals surface area contributed by atoms with E-state index in [1.165, 1.54) is 0 Å². The number of nitrogens with one attached hydrogen (secondary N) is 2. The number of rotatable bonds is 12. The molecule has 0 aliphatic heterocycles. The average Bonchev–Trinajstić information content (AvgIpc) is 2.56. The lowest BCUT2D eigenvalue weighted by Crippen LogP contribution is -2.48. The summed E-state index contributed by atoms with van der Waals surface area (Å²) in [6.45, 7) is 9.42. The highest BCUT2D eigenvalue weighted by Gasteiger charge is 2.33. The van der Waals surface area contributed by atoms with E-state index in [2.05, 4.69) is 20.9 Å². The molecule has 4 N–H and O–H groups in total. The number of hydrogen-bond acceptors (Lipinski definition) is 8. The van der Waals surface area contributed by atoms with E-state index in [0.29, 0.717) is 0 Å². The summed E-state index contributed by atoms with van der Waals surface area (Å²) >= 11 is 0. The number of amides is 2. The van der Waals surface area contributed by atoms with Crippen molar-refractivity contribution in [2.24, 2.45) is 10.2 Å². The maximum atomic E-state index is 12.3. The quantitative estimate of drug-likeness (QED) is 0.278. The fourth-order valence-corrected chi connectivity index (χ4v) is 1.61. The first-order valence-electron chi connectivity index (χ1n) is 8.47. The van der Waals surface area contributed by atoms with Gasteiger partial charge in [-0.15, -0.1) is 0 Å². The lowest BCUT2D eigenvalue weighted by molar-refractivity contribution is -0.131. The van der Waals surface area contributed by atoms with Gasteiger partial charge in [-0.2, -0.15) is 10.2 Å². The van der Waals surface area contributed by atoms with E-state index in [9.17, 15) is 9.59 Å². The Morgan fingerprint density at radius 2 is 1.15 bits per heavy atom. The van der Waals surface area contributed by atoms with Crippen LogP contribution in [0.3, 0.4) is 0 Å². The highest BCUT2D eigenvalue weighted by atomic mass is 16.5. The van der Waals surface area contributed by atoms with Gasteiger partial charge in [0.2, 0.25) is 0 Å². The second kappa shape index (κ2) is 11.2. The summed E-state index contributed by atoms with van der Waals surface area (Å²) in [5.41, 5.74) is -2.43. The molecule has 0 aromatic rings. The molecule has 10 heteroatoms. The number of carbonyl (C=O) groups excluding carboxylic acids is 2. The van der Waals surface area contributed by atoms with Crippen LogP contribution in [0.5, 0.6) is 0 Å². The second-order valence-electron chi connectivity index (χ2n) is 6.74. The van der Waals surface area contributed by atoms with Crippen molar-refractivity contribution >= 4 is 11.8 Å². The van der Waals surface area contributed by atoms with Gasteiger partial charge in [-0.05, 0) is 41.5 Å². The summed E-state index contributed by atoms with van der Waals surface area (Å²) in [7, 11) is 0. The summed E-state index contributed by atoms with van der Waals surface area (Å²) in [6.07, 6.45) is -1.19. The Bertz CT molecular complexity index is 439. The van der Waals surface area contributed by atoms with Gasteiger partial charge in [0.15, 0.2) is 11.1 Å². The van der Waals surface area contributed by atoms with Gasteiger partial charge < -0.3 is 30.3 Å². The monoisotopic (exact) mass is 376 g/mol. The van der Waals surface area contributed by atoms with Gasteiger partial charge in [0.05, 0.1) is 26.4 Å². The van der Waals surface area contributed by atoms with E-state index in [4.69, 9.17) is 19.7 Å². The predicted molar refractivity (Wildman–Crippen MR) is 94.3 cm³/mol. The van der Waals surface area contributed by atoms with Crippen LogP contribution in [0, 0.1) is 0 Å². The topological polar surface area (TPSA) is 142 Å². The van der Waals surface area contributed by atoms with Crippen molar-refractivity contribution in [3.8, 4) is 0 Å². The van der Waals surface area contributed by atoms with Crippen LogP contribution >= 0.6 is 0 Å². The number of carbonyl (C=O) groups is 2. The molecule has 0 aliphatic rings. The number of azo groups is 1. The summed E-state index contributed by atoms with van der Waals surface area (Å²) in [6, 6.07) is 0. The lowest BCUT2D eigenvalue weighted by atomic mass is 10.0. The van der Waals surface area contributed by atoms with Crippen LogP contribution in [0.2, 0.25) is 0 Å². The van der Waals surface area contributed by atoms with E-state index in [-0.39, 0.29) is 26.4 Å². The van der Waals surface area contributed by atoms with Crippen LogP contribution in [-0.4, -0.2) is 72.0 Å². The molecule has 26 heavy (non-hydrogen) atoms. The molecule has 0 aliphatic carbocycles. The molecule has 0 radical (unpaired) electrons. The number of aliphatic hydroxyl groups excluding tert-OH is 2. The first-order valence-corrected chi connectivity index (χ1v) is 8.47. The molecular weight excluding hydrogens is 344 g/mol. The van der Waals surface area contributed by atoms with Gasteiger partial charge in [0.1, 0.15) is 12.5 Å². The first kappa shape index (κ1) is 24.4. The molecular formula is C16H32N4O6. The van der Waals surface area contributed by atoms with Crippen LogP contribution < -0.4 is 10.6 Å². The Kier molecular flexibility index (Phi) is 10.5. The molecule has 0 rings (SSSR count). The third-order valence-corrected chi connectivity index (χ3v) is 3.25. The van der Waals surface area contributed by atoms with Gasteiger partial charge in [0.25, 0.3) is 11.8 Å². The summed E-state index contributed by atoms with van der Waals surface area (Å²) in [4.78, 5) is 24.5. The normalized spacial score (nSPS) is 14.9. The number of ether oxygens (including phenoxy) is 2. The molecule has 2 unspecified atom stereocenters. The van der Waals surface area contributed by atoms with Crippen molar-refractivity contribution in [3.63, 3.8) is 0 Å². The van der Waals surface area contributed by atoms with Crippen LogP contribution in [0.25, 0.3) is 0 Å². The molecule has 152 valence electrons. The van der Waals surface area contributed by atoms with Crippen molar-refractivity contribution < 1.29 is 29.3 Å². The van der Waals surface area contributed by atoms with E-state index < -0.39 is 35.3 Å². The van der Waals surface area contributed by atoms with Crippen molar-refractivity contribution in [1.29, 1.82) is 0 Å². The van der Waals surface area contributed by atoms with E-state index in [1.54, 1.807) is 41.5 Å². The zero-order chi connectivity index (χ0) is 20.4. The Morgan fingerprint density at radius 1 is 0.846 bits per heavy atom. The number of aliphatic hydroxyl groups is 2. The van der Waals surface area contributed by atoms with Crippen LogP contribution in [0.1, 0.15) is 41.5 Å². The largest absolute Gasteiger partial charge is 0.394 e. The van der Waals surface area contributed by atoms with Crippen molar-refractivity contribution in [3.05, 3.63) is 0 Å². The van der Waals surface area contributed by atoms with Gasteiger partial charge in [-0.25, -0.2) is 0 Å². The van der Waals surface area contributed by atoms with E-state index in [0.717, 1.165) is 0 Å². The zero-order valence-corrected chi connectivity index (χ0v) is 16.4. The second-order valence-corrected chi connectivity index (χ2v) is 6.74. The van der Waals surface area contributed by atoms with Gasteiger partial charge in [-0.1, -0.05) is 0 Å². The zero-order valence-electron chi connectivity index (χ0n) is 16.4. The Morgan fingerprint density at radius 3 is 1.42 bits per heavy atom. The Balaban J connectivity index is 4.79. The SMILES string of the molecule is CC(NC(=O)C(C)(C)N=NC(C)(C)C(=O)NC(C)OCCO)OCCO. The fraction of sp³-hybridized carbons (Fsp3) is 0.875. The maximum Gasteiger partial charge on any atom is 0.251 e. The lowest BCUT2D eigenvalue weighted by Gasteiger charge is -2.25. The average molecular weight is 376 g/mol. The van der Waals surface area contributed by atoms with Gasteiger partial charge >= 0.3 is 0 Å². The fourth-order valence-electron chi connectivity index (χ4n) is 1.61. The molecule has 0 aromatic carbocycles. The molecule has 2 amide bonds. The molecule has 0 saturated carbocycles. The minimum Gasteiger partial charge on any atom is -0.394 e. The summed E-state index contributed by atoms with van der Waals surface area (Å²) in [5.74, 6) is -0.856. The standard InChI is InChI=1S/C16H32N4O6/c1-11(25-9-7-21)17-13(23)15(3,4)19-20-16(5,6)14(24)18-12(2)26-10-8-22/h11-12,21-22H,7-10H2,1-6H3,(H,17,23)(H,18,24). The van der Waals surface area contributed by atoms with E-state index >= 15 is 0 Å². The number of nitrogens with zero attached hydrogens (tertiary/aromatic N) is 2. The molecule has 0 heterocycles. The van der Waals surface area contributed by atoms with Crippen LogP contribution in [0.15, 0.2) is 10.2 Å². The Hall–Kier alpha value is -1.62. The maximum absolute atomic E-state index is 12.3. The minimum atomic E-state index is -1.21. The molecule has 2 atom stereocenters. The molecule has 0 spiro atoms. The number of hydrogen-bond donors (Lipinski definition) is 4. The molecule has 0 saturated heterocycles. The highest BCUT2D eigenvalue weighted by molar-refractivity contribution is 5.86. The third-order valence-electron chi connectivity index (χ3n) is 3.25. The third kappa shape index (κ3) is 9.18. The Labute approximate surface area is 154 Å². The molecule has 0 bridgehead atoms. The van der Waals surface area contributed by atoms with Crippen molar-refractivity contribution in [2.75, 3.05) is 26.4 Å². The molecule has 10 nitrogen and oxygen atoms in total. The predicted octanol–water partition coefficient (Wildman–Crippen LogP) is -0.0620. The van der Waals surface area contributed by atoms with Crippen LogP contribution in [0.4, 0.5) is 0 Å². The smallest absolute Gasteiger partial charge is 0.251 e.